The first-order valence-electron chi connectivity index (χ1n) is 6.46. The van der Waals surface area contributed by atoms with E-state index in [0.29, 0.717) is 19.4 Å². The molecule has 0 aliphatic heterocycles. The van der Waals surface area contributed by atoms with E-state index in [1.807, 2.05) is 11.8 Å². The van der Waals surface area contributed by atoms with Crippen LogP contribution in [0.1, 0.15) is 44.9 Å². The molecule has 17 heavy (non-hydrogen) atoms. The van der Waals surface area contributed by atoms with Crippen molar-refractivity contribution in [3.63, 3.8) is 0 Å². The van der Waals surface area contributed by atoms with Crippen LogP contribution >= 0.6 is 11.8 Å². The monoisotopic (exact) mass is 254 g/mol. The fourth-order valence-corrected chi connectivity index (χ4v) is 3.37. The molecule has 3 nitrogen and oxygen atoms in total. The summed E-state index contributed by atoms with van der Waals surface area (Å²) < 4.78 is 0. The van der Waals surface area contributed by atoms with Crippen LogP contribution in [0.3, 0.4) is 0 Å². The van der Waals surface area contributed by atoms with E-state index in [2.05, 4.69) is 6.07 Å². The average Bonchev–Trinajstić information content (AvgIpc) is 2.37. The van der Waals surface area contributed by atoms with Crippen molar-refractivity contribution in [3.05, 3.63) is 0 Å². The van der Waals surface area contributed by atoms with Crippen molar-refractivity contribution >= 4 is 17.7 Å². The van der Waals surface area contributed by atoms with E-state index in [4.69, 9.17) is 5.26 Å². The lowest BCUT2D eigenvalue weighted by molar-refractivity contribution is -0.129. The summed E-state index contributed by atoms with van der Waals surface area (Å²) in [5.74, 6) is 1.10. The molecule has 0 aromatic carbocycles. The maximum absolute atomic E-state index is 11.7. The van der Waals surface area contributed by atoms with Gasteiger partial charge in [0.05, 0.1) is 12.5 Å². The molecule has 1 rings (SSSR count). The first-order chi connectivity index (χ1) is 8.24. The van der Waals surface area contributed by atoms with E-state index in [9.17, 15) is 4.79 Å². The number of hydrogen-bond acceptors (Lipinski definition) is 3. The highest BCUT2D eigenvalue weighted by molar-refractivity contribution is 7.99. The Hall–Kier alpha value is -0.690. The molecule has 1 saturated carbocycles. The highest BCUT2D eigenvalue weighted by atomic mass is 32.2. The van der Waals surface area contributed by atoms with Gasteiger partial charge in [0.1, 0.15) is 0 Å². The predicted octanol–water partition coefficient (Wildman–Crippen LogP) is 2.81. The number of hydrogen-bond donors (Lipinski definition) is 0. The molecule has 0 aromatic heterocycles. The molecule has 0 bridgehead atoms. The highest BCUT2D eigenvalue weighted by Gasteiger charge is 2.15. The molecule has 0 aromatic rings. The van der Waals surface area contributed by atoms with Gasteiger partial charge in [-0.3, -0.25) is 4.79 Å². The Morgan fingerprint density at radius 2 is 2.12 bits per heavy atom. The van der Waals surface area contributed by atoms with Gasteiger partial charge in [-0.25, -0.2) is 0 Å². The summed E-state index contributed by atoms with van der Waals surface area (Å²) in [6, 6.07) is 2.06. The molecule has 1 aliphatic rings. The molecule has 0 heterocycles. The molecule has 0 unspecified atom stereocenters. The number of nitrogens with zero attached hydrogens (tertiary/aromatic N) is 2. The van der Waals surface area contributed by atoms with Crippen molar-refractivity contribution < 1.29 is 4.79 Å². The third kappa shape index (κ3) is 5.97. The van der Waals surface area contributed by atoms with Gasteiger partial charge in [-0.2, -0.15) is 17.0 Å². The van der Waals surface area contributed by atoms with Gasteiger partial charge in [-0.15, -0.1) is 0 Å². The van der Waals surface area contributed by atoms with Crippen LogP contribution < -0.4 is 0 Å². The molecular weight excluding hydrogens is 232 g/mol. The fourth-order valence-electron chi connectivity index (χ4n) is 2.08. The zero-order chi connectivity index (χ0) is 12.5. The zero-order valence-corrected chi connectivity index (χ0v) is 11.5. The first kappa shape index (κ1) is 14.4. The largest absolute Gasteiger partial charge is 0.345 e. The molecule has 0 N–H and O–H groups in total. The number of carbonyl (C=O) groups excluding carboxylic acids is 1. The van der Waals surface area contributed by atoms with Gasteiger partial charge in [0.25, 0.3) is 0 Å². The Morgan fingerprint density at radius 1 is 1.41 bits per heavy atom. The lowest BCUT2D eigenvalue weighted by Crippen LogP contribution is -2.28. The van der Waals surface area contributed by atoms with Gasteiger partial charge in [0.15, 0.2) is 0 Å². The molecule has 1 amide bonds. The summed E-state index contributed by atoms with van der Waals surface area (Å²) in [4.78, 5) is 13.4. The normalized spacial score (nSPS) is 16.5. The van der Waals surface area contributed by atoms with Crippen molar-refractivity contribution in [2.24, 2.45) is 0 Å². The second-order valence-corrected chi connectivity index (χ2v) is 6.01. The minimum Gasteiger partial charge on any atom is -0.345 e. The standard InChI is InChI=1S/C13H22N2OS/c1-15(10-5-9-14)13(16)8-11-17-12-6-3-2-4-7-12/h12H,2-8,10-11H2,1H3. The molecule has 0 saturated heterocycles. The van der Waals surface area contributed by atoms with Gasteiger partial charge in [-0.1, -0.05) is 19.3 Å². The van der Waals surface area contributed by atoms with Crippen molar-refractivity contribution in [1.29, 1.82) is 5.26 Å². The minimum atomic E-state index is 0.170. The highest BCUT2D eigenvalue weighted by Crippen LogP contribution is 2.28. The van der Waals surface area contributed by atoms with Crippen LogP contribution in [-0.2, 0) is 4.79 Å². The van der Waals surface area contributed by atoms with Gasteiger partial charge in [0.2, 0.25) is 5.91 Å². The van der Waals surface area contributed by atoms with Crippen molar-refractivity contribution in [2.75, 3.05) is 19.3 Å². The van der Waals surface area contributed by atoms with Gasteiger partial charge < -0.3 is 4.90 Å². The summed E-state index contributed by atoms with van der Waals surface area (Å²) in [6.45, 7) is 0.559. The molecule has 1 fully saturated rings. The Balaban J connectivity index is 2.08. The molecule has 0 radical (unpaired) electrons. The predicted molar refractivity (Wildman–Crippen MR) is 71.8 cm³/mol. The number of rotatable bonds is 6. The maximum Gasteiger partial charge on any atom is 0.223 e. The zero-order valence-electron chi connectivity index (χ0n) is 10.7. The second-order valence-electron chi connectivity index (χ2n) is 4.60. The van der Waals surface area contributed by atoms with Crippen LogP contribution in [0.2, 0.25) is 0 Å². The lowest BCUT2D eigenvalue weighted by atomic mass is 10.0. The van der Waals surface area contributed by atoms with Gasteiger partial charge >= 0.3 is 0 Å². The number of nitriles is 1. The van der Waals surface area contributed by atoms with Crippen LogP contribution in [0.15, 0.2) is 0 Å². The molecule has 4 heteroatoms. The molecule has 0 spiro atoms. The van der Waals surface area contributed by atoms with E-state index in [-0.39, 0.29) is 5.91 Å². The molecule has 96 valence electrons. The third-order valence-corrected chi connectivity index (χ3v) is 4.59. The lowest BCUT2D eigenvalue weighted by Gasteiger charge is -2.21. The van der Waals surface area contributed by atoms with Crippen LogP contribution in [0.4, 0.5) is 0 Å². The first-order valence-corrected chi connectivity index (χ1v) is 7.51. The van der Waals surface area contributed by atoms with Crippen LogP contribution in [0.25, 0.3) is 0 Å². The number of thioether (sulfide) groups is 1. The van der Waals surface area contributed by atoms with E-state index < -0.39 is 0 Å². The Labute approximate surface area is 109 Å². The van der Waals surface area contributed by atoms with Crippen LogP contribution in [-0.4, -0.2) is 35.4 Å². The Kier molecular flexibility index (Phi) is 7.11. The summed E-state index contributed by atoms with van der Waals surface area (Å²) in [6.07, 6.45) is 7.78. The smallest absolute Gasteiger partial charge is 0.223 e. The van der Waals surface area contributed by atoms with E-state index in [1.54, 1.807) is 11.9 Å². The fraction of sp³-hybridized carbons (Fsp3) is 0.846. The number of carbonyl (C=O) groups is 1. The SMILES string of the molecule is CN(CCC#N)C(=O)CCSC1CCCCC1. The van der Waals surface area contributed by atoms with Crippen LogP contribution in [0.5, 0.6) is 0 Å². The summed E-state index contributed by atoms with van der Waals surface area (Å²) in [7, 11) is 1.78. The van der Waals surface area contributed by atoms with E-state index in [0.717, 1.165) is 11.0 Å². The Morgan fingerprint density at radius 3 is 2.76 bits per heavy atom. The summed E-state index contributed by atoms with van der Waals surface area (Å²) in [5.41, 5.74) is 0. The summed E-state index contributed by atoms with van der Waals surface area (Å²) in [5, 5.41) is 9.23. The van der Waals surface area contributed by atoms with Crippen molar-refractivity contribution in [1.82, 2.24) is 4.90 Å². The molecule has 1 aliphatic carbocycles. The Bertz CT molecular complexity index is 269. The van der Waals surface area contributed by atoms with Crippen molar-refractivity contribution in [3.8, 4) is 6.07 Å². The maximum atomic E-state index is 11.7. The van der Waals surface area contributed by atoms with Gasteiger partial charge in [-0.05, 0) is 12.8 Å². The quantitative estimate of drug-likeness (QED) is 0.732. The van der Waals surface area contributed by atoms with E-state index >= 15 is 0 Å². The second kappa shape index (κ2) is 8.41. The topological polar surface area (TPSA) is 44.1 Å². The van der Waals surface area contributed by atoms with Crippen LogP contribution in [0, 0.1) is 11.3 Å². The third-order valence-electron chi connectivity index (χ3n) is 3.21. The molecular formula is C13H22N2OS. The number of amides is 1. The molecule has 0 atom stereocenters. The summed E-state index contributed by atoms with van der Waals surface area (Å²) >= 11 is 1.95. The minimum absolute atomic E-state index is 0.170. The van der Waals surface area contributed by atoms with Gasteiger partial charge in [0, 0.05) is 31.0 Å². The van der Waals surface area contributed by atoms with Crippen molar-refractivity contribution in [2.45, 2.75) is 50.2 Å². The average molecular weight is 254 g/mol. The van der Waals surface area contributed by atoms with E-state index in [1.165, 1.54) is 32.1 Å².